The summed E-state index contributed by atoms with van der Waals surface area (Å²) in [6.45, 7) is 4.26. The van der Waals surface area contributed by atoms with Gasteiger partial charge in [-0.25, -0.2) is 5.43 Å². The van der Waals surface area contributed by atoms with Gasteiger partial charge in [0, 0.05) is 17.5 Å². The van der Waals surface area contributed by atoms with Crippen LogP contribution in [0.15, 0.2) is 67.2 Å². The summed E-state index contributed by atoms with van der Waals surface area (Å²) in [5.74, 6) is 0.276. The van der Waals surface area contributed by atoms with E-state index in [-0.39, 0.29) is 5.75 Å². The van der Waals surface area contributed by atoms with Gasteiger partial charge in [-0.15, -0.1) is 0 Å². The molecule has 3 heteroatoms. The summed E-state index contributed by atoms with van der Waals surface area (Å²) in [7, 11) is 0. The van der Waals surface area contributed by atoms with E-state index in [0.29, 0.717) is 6.54 Å². The number of hydrogen-bond donors (Lipinski definition) is 3. The van der Waals surface area contributed by atoms with Gasteiger partial charge in [0.25, 0.3) is 0 Å². The van der Waals surface area contributed by atoms with E-state index in [4.69, 9.17) is 0 Å². The Bertz CT molecular complexity index is 806. The number of phenolic OH excluding ortho intramolecular Hbond substituents is 1. The Morgan fingerprint density at radius 3 is 2.68 bits per heavy atom. The molecule has 3 aromatic carbocycles. The second kappa shape index (κ2) is 6.33. The molecule has 3 nitrogen and oxygen atoms in total. The Morgan fingerprint density at radius 1 is 1.00 bits per heavy atom. The van der Waals surface area contributed by atoms with Crippen LogP contribution in [0.4, 0.5) is 5.69 Å². The quantitative estimate of drug-likeness (QED) is 0.614. The van der Waals surface area contributed by atoms with E-state index in [0.717, 1.165) is 22.2 Å². The van der Waals surface area contributed by atoms with Gasteiger partial charge in [-0.2, -0.15) is 0 Å². The Labute approximate surface area is 129 Å². The largest absolute Gasteiger partial charge is 0.508 e. The lowest BCUT2D eigenvalue weighted by Crippen LogP contribution is -2.21. The minimum atomic E-state index is 0.276. The lowest BCUT2D eigenvalue weighted by Gasteiger charge is -2.12. The fraction of sp³-hybridized carbons (Fsp3) is 0.0526. The third kappa shape index (κ3) is 2.95. The zero-order valence-corrected chi connectivity index (χ0v) is 12.2. The molecule has 0 heterocycles. The number of nitrogens with one attached hydrogen (secondary N) is 2. The molecule has 3 N–H and O–H groups in total. The summed E-state index contributed by atoms with van der Waals surface area (Å²) in [6, 6.07) is 19.8. The summed E-state index contributed by atoms with van der Waals surface area (Å²) in [6.07, 6.45) is 1.76. The number of rotatable bonds is 5. The zero-order valence-electron chi connectivity index (χ0n) is 12.2. The van der Waals surface area contributed by atoms with Gasteiger partial charge in [-0.05, 0) is 29.1 Å². The van der Waals surface area contributed by atoms with Crippen LogP contribution in [0.2, 0.25) is 0 Å². The number of aromatic hydroxyl groups is 1. The molecule has 0 radical (unpaired) electrons. The fourth-order valence-electron chi connectivity index (χ4n) is 2.44. The molecule has 0 atom stereocenters. The lowest BCUT2D eigenvalue weighted by atomic mass is 10.1. The minimum absolute atomic E-state index is 0.276. The maximum atomic E-state index is 9.90. The van der Waals surface area contributed by atoms with Crippen molar-refractivity contribution in [2.75, 3.05) is 5.43 Å². The monoisotopic (exact) mass is 290 g/mol. The molecule has 3 aromatic rings. The van der Waals surface area contributed by atoms with Crippen LogP contribution in [0.1, 0.15) is 11.1 Å². The number of hydrogen-bond acceptors (Lipinski definition) is 3. The molecule has 0 amide bonds. The first-order chi connectivity index (χ1) is 10.8. The van der Waals surface area contributed by atoms with Crippen molar-refractivity contribution in [2.45, 2.75) is 6.54 Å². The fourth-order valence-corrected chi connectivity index (χ4v) is 2.44. The molecule has 0 aliphatic rings. The SMILES string of the molecule is C=Cc1ccc(O)c(CNNc2cccc3ccccc23)c1. The zero-order chi connectivity index (χ0) is 15.4. The first kappa shape index (κ1) is 14.2. The van der Waals surface area contributed by atoms with E-state index in [1.807, 2.05) is 36.4 Å². The van der Waals surface area contributed by atoms with Crippen LogP contribution in [0.3, 0.4) is 0 Å². The van der Waals surface area contributed by atoms with Crippen LogP contribution in [0.25, 0.3) is 16.8 Å². The molecule has 0 spiro atoms. The number of anilines is 1. The second-order valence-corrected chi connectivity index (χ2v) is 5.10. The molecule has 0 unspecified atom stereocenters. The molecular weight excluding hydrogens is 272 g/mol. The molecule has 3 rings (SSSR count). The molecule has 0 bridgehead atoms. The van der Waals surface area contributed by atoms with Crippen molar-refractivity contribution in [3.8, 4) is 5.75 Å². The average Bonchev–Trinajstić information content (AvgIpc) is 2.57. The topological polar surface area (TPSA) is 44.3 Å². The van der Waals surface area contributed by atoms with E-state index < -0.39 is 0 Å². The summed E-state index contributed by atoms with van der Waals surface area (Å²) < 4.78 is 0. The molecular formula is C19H18N2O. The number of fused-ring (bicyclic) bond motifs is 1. The van der Waals surface area contributed by atoms with E-state index in [1.165, 1.54) is 5.39 Å². The molecule has 22 heavy (non-hydrogen) atoms. The van der Waals surface area contributed by atoms with E-state index in [1.54, 1.807) is 12.1 Å². The van der Waals surface area contributed by atoms with Crippen molar-refractivity contribution in [3.63, 3.8) is 0 Å². The molecule has 0 aliphatic heterocycles. The van der Waals surface area contributed by atoms with E-state index in [2.05, 4.69) is 35.6 Å². The smallest absolute Gasteiger partial charge is 0.120 e. The van der Waals surface area contributed by atoms with Crippen LogP contribution in [-0.4, -0.2) is 5.11 Å². The van der Waals surface area contributed by atoms with Gasteiger partial charge in [0.15, 0.2) is 0 Å². The minimum Gasteiger partial charge on any atom is -0.508 e. The van der Waals surface area contributed by atoms with Gasteiger partial charge in [0.2, 0.25) is 0 Å². The third-order valence-corrected chi connectivity index (χ3v) is 3.63. The van der Waals surface area contributed by atoms with Gasteiger partial charge in [-0.3, -0.25) is 0 Å². The van der Waals surface area contributed by atoms with Crippen LogP contribution >= 0.6 is 0 Å². The Hall–Kier alpha value is -2.78. The molecule has 0 fully saturated rings. The predicted molar refractivity (Wildman–Crippen MR) is 92.6 cm³/mol. The van der Waals surface area contributed by atoms with E-state index >= 15 is 0 Å². The lowest BCUT2D eigenvalue weighted by molar-refractivity contribution is 0.466. The normalized spacial score (nSPS) is 10.5. The highest BCUT2D eigenvalue weighted by atomic mass is 16.3. The molecule has 0 saturated carbocycles. The Morgan fingerprint density at radius 2 is 1.82 bits per heavy atom. The van der Waals surface area contributed by atoms with Crippen LogP contribution in [-0.2, 0) is 6.54 Å². The second-order valence-electron chi connectivity index (χ2n) is 5.10. The predicted octanol–water partition coefficient (Wildman–Crippen LogP) is 4.31. The summed E-state index contributed by atoms with van der Waals surface area (Å²) in [5.41, 5.74) is 9.19. The highest BCUT2D eigenvalue weighted by molar-refractivity contribution is 5.93. The van der Waals surface area contributed by atoms with Gasteiger partial charge in [0.1, 0.15) is 5.75 Å². The first-order valence-corrected chi connectivity index (χ1v) is 7.19. The van der Waals surface area contributed by atoms with Crippen LogP contribution in [0.5, 0.6) is 5.75 Å². The van der Waals surface area contributed by atoms with Crippen LogP contribution in [0, 0.1) is 0 Å². The van der Waals surface area contributed by atoms with Crippen molar-refractivity contribution in [1.82, 2.24) is 5.43 Å². The van der Waals surface area contributed by atoms with E-state index in [9.17, 15) is 5.11 Å². The van der Waals surface area contributed by atoms with Crippen molar-refractivity contribution in [3.05, 3.63) is 78.4 Å². The standard InChI is InChI=1S/C19H18N2O/c1-2-14-10-11-19(22)16(12-14)13-20-21-18-9-5-7-15-6-3-4-8-17(15)18/h2-12,20-22H,1,13H2. The van der Waals surface area contributed by atoms with Crippen LogP contribution < -0.4 is 10.9 Å². The molecule has 0 aromatic heterocycles. The number of phenols is 1. The average molecular weight is 290 g/mol. The maximum Gasteiger partial charge on any atom is 0.120 e. The highest BCUT2D eigenvalue weighted by Crippen LogP contribution is 2.23. The maximum absolute atomic E-state index is 9.90. The third-order valence-electron chi connectivity index (χ3n) is 3.63. The molecule has 0 saturated heterocycles. The molecule has 0 aliphatic carbocycles. The van der Waals surface area contributed by atoms with Gasteiger partial charge >= 0.3 is 0 Å². The van der Waals surface area contributed by atoms with Crippen molar-refractivity contribution < 1.29 is 5.11 Å². The number of hydrazine groups is 1. The Balaban J connectivity index is 1.74. The van der Waals surface area contributed by atoms with Gasteiger partial charge in [0.05, 0.1) is 5.69 Å². The van der Waals surface area contributed by atoms with Crippen molar-refractivity contribution >= 4 is 22.5 Å². The van der Waals surface area contributed by atoms with Crippen molar-refractivity contribution in [1.29, 1.82) is 0 Å². The highest BCUT2D eigenvalue weighted by Gasteiger charge is 2.03. The van der Waals surface area contributed by atoms with Crippen molar-refractivity contribution in [2.24, 2.45) is 0 Å². The molecule has 110 valence electrons. The number of benzene rings is 3. The van der Waals surface area contributed by atoms with Gasteiger partial charge in [-0.1, -0.05) is 55.1 Å². The first-order valence-electron chi connectivity index (χ1n) is 7.19. The summed E-state index contributed by atoms with van der Waals surface area (Å²) in [4.78, 5) is 0. The Kier molecular flexibility index (Phi) is 4.08. The van der Waals surface area contributed by atoms with Gasteiger partial charge < -0.3 is 10.5 Å². The summed E-state index contributed by atoms with van der Waals surface area (Å²) >= 11 is 0. The summed E-state index contributed by atoms with van der Waals surface area (Å²) in [5, 5.41) is 12.2.